The van der Waals surface area contributed by atoms with E-state index in [0.717, 1.165) is 6.61 Å². The van der Waals surface area contributed by atoms with E-state index < -0.39 is 0 Å². The van der Waals surface area contributed by atoms with Crippen molar-refractivity contribution in [3.63, 3.8) is 0 Å². The highest BCUT2D eigenvalue weighted by atomic mass is 16.5. The first-order valence-electron chi connectivity index (χ1n) is 4.84. The fourth-order valence-electron chi connectivity index (χ4n) is 2.12. The molecule has 0 aliphatic heterocycles. The van der Waals surface area contributed by atoms with Crippen molar-refractivity contribution < 1.29 is 4.74 Å². The van der Waals surface area contributed by atoms with Gasteiger partial charge >= 0.3 is 0 Å². The summed E-state index contributed by atoms with van der Waals surface area (Å²) in [6.45, 7) is 9.19. The Kier molecular flexibility index (Phi) is 2.50. The fraction of sp³-hybridized carbons (Fsp3) is 1.00. The average molecular weight is 171 g/mol. The van der Waals surface area contributed by atoms with Crippen molar-refractivity contribution in [1.29, 1.82) is 0 Å². The van der Waals surface area contributed by atoms with Crippen molar-refractivity contribution in [1.82, 2.24) is 0 Å². The summed E-state index contributed by atoms with van der Waals surface area (Å²) in [6.07, 6.45) is 2.75. The first-order valence-corrected chi connectivity index (χ1v) is 4.84. The van der Waals surface area contributed by atoms with Crippen LogP contribution in [0.3, 0.4) is 0 Å². The van der Waals surface area contributed by atoms with Gasteiger partial charge in [-0.25, -0.2) is 0 Å². The van der Waals surface area contributed by atoms with Gasteiger partial charge in [0, 0.05) is 17.6 Å². The molecule has 2 nitrogen and oxygen atoms in total. The molecule has 0 aromatic carbocycles. The van der Waals surface area contributed by atoms with Crippen LogP contribution in [0.25, 0.3) is 0 Å². The lowest BCUT2D eigenvalue weighted by Crippen LogP contribution is -2.48. The van der Waals surface area contributed by atoms with Crippen molar-refractivity contribution in [3.8, 4) is 0 Å². The van der Waals surface area contributed by atoms with Crippen LogP contribution in [0.15, 0.2) is 0 Å². The Morgan fingerprint density at radius 3 is 2.25 bits per heavy atom. The fourth-order valence-corrected chi connectivity index (χ4v) is 2.12. The molecule has 1 unspecified atom stereocenters. The second-order valence-electron chi connectivity index (χ2n) is 4.48. The number of hydrogen-bond acceptors (Lipinski definition) is 2. The Morgan fingerprint density at radius 1 is 1.50 bits per heavy atom. The maximum Gasteiger partial charge on any atom is 0.0620 e. The van der Waals surface area contributed by atoms with Crippen LogP contribution in [0.2, 0.25) is 0 Å². The molecule has 0 bridgehead atoms. The highest BCUT2D eigenvalue weighted by Crippen LogP contribution is 2.56. The van der Waals surface area contributed by atoms with Gasteiger partial charge in [-0.05, 0) is 40.5 Å². The average Bonchev–Trinajstić information content (AvgIpc) is 2.63. The van der Waals surface area contributed by atoms with Gasteiger partial charge in [0.25, 0.3) is 0 Å². The van der Waals surface area contributed by atoms with Crippen LogP contribution in [-0.4, -0.2) is 18.2 Å². The van der Waals surface area contributed by atoms with E-state index in [2.05, 4.69) is 20.8 Å². The van der Waals surface area contributed by atoms with Crippen molar-refractivity contribution >= 4 is 0 Å². The SMILES string of the molecule is CCOC(C)C1(C(C)(C)N)CC1. The van der Waals surface area contributed by atoms with Crippen LogP contribution in [0, 0.1) is 5.41 Å². The Bertz CT molecular complexity index is 156. The van der Waals surface area contributed by atoms with E-state index in [1.54, 1.807) is 0 Å². The standard InChI is InChI=1S/C10H21NO/c1-5-12-8(2)10(6-7-10)9(3,4)11/h8H,5-7,11H2,1-4H3. The summed E-state index contributed by atoms with van der Waals surface area (Å²) in [7, 11) is 0. The molecule has 2 N–H and O–H groups in total. The van der Waals surface area contributed by atoms with Gasteiger partial charge in [0.05, 0.1) is 6.10 Å². The smallest absolute Gasteiger partial charge is 0.0620 e. The van der Waals surface area contributed by atoms with E-state index in [9.17, 15) is 0 Å². The van der Waals surface area contributed by atoms with Crippen LogP contribution in [0.4, 0.5) is 0 Å². The Labute approximate surface area is 75.5 Å². The van der Waals surface area contributed by atoms with Crippen molar-refractivity contribution in [2.75, 3.05) is 6.61 Å². The molecule has 1 aliphatic carbocycles. The second-order valence-corrected chi connectivity index (χ2v) is 4.48. The Morgan fingerprint density at radius 2 is 2.00 bits per heavy atom. The number of nitrogens with two attached hydrogens (primary N) is 1. The highest BCUT2D eigenvalue weighted by molar-refractivity contribution is 5.10. The topological polar surface area (TPSA) is 35.2 Å². The zero-order valence-corrected chi connectivity index (χ0v) is 8.68. The lowest BCUT2D eigenvalue weighted by atomic mass is 9.81. The minimum atomic E-state index is -0.0956. The molecule has 2 heteroatoms. The zero-order valence-electron chi connectivity index (χ0n) is 8.68. The largest absolute Gasteiger partial charge is 0.378 e. The van der Waals surface area contributed by atoms with E-state index in [1.165, 1.54) is 12.8 Å². The summed E-state index contributed by atoms with van der Waals surface area (Å²) in [5, 5.41) is 0. The Hall–Kier alpha value is -0.0800. The summed E-state index contributed by atoms with van der Waals surface area (Å²) in [5.41, 5.74) is 6.28. The number of rotatable bonds is 4. The molecule has 72 valence electrons. The predicted molar refractivity (Wildman–Crippen MR) is 51.0 cm³/mol. The van der Waals surface area contributed by atoms with E-state index in [4.69, 9.17) is 10.5 Å². The van der Waals surface area contributed by atoms with Crippen molar-refractivity contribution in [3.05, 3.63) is 0 Å². The second kappa shape index (κ2) is 3.00. The van der Waals surface area contributed by atoms with E-state index in [-0.39, 0.29) is 11.0 Å². The zero-order chi connectivity index (χ0) is 9.41. The first kappa shape index (κ1) is 10.0. The third kappa shape index (κ3) is 1.50. The highest BCUT2D eigenvalue weighted by Gasteiger charge is 2.56. The summed E-state index contributed by atoms with van der Waals surface area (Å²) in [4.78, 5) is 0. The van der Waals surface area contributed by atoms with Crippen molar-refractivity contribution in [2.24, 2.45) is 11.1 Å². The monoisotopic (exact) mass is 171 g/mol. The van der Waals surface area contributed by atoms with Gasteiger partial charge in [-0.15, -0.1) is 0 Å². The summed E-state index contributed by atoms with van der Waals surface area (Å²) in [6, 6.07) is 0. The first-order chi connectivity index (χ1) is 5.44. The lowest BCUT2D eigenvalue weighted by molar-refractivity contribution is -0.00331. The quantitative estimate of drug-likeness (QED) is 0.701. The molecule has 0 amide bonds. The van der Waals surface area contributed by atoms with Gasteiger partial charge in [0.2, 0.25) is 0 Å². The van der Waals surface area contributed by atoms with Gasteiger partial charge in [-0.1, -0.05) is 0 Å². The normalized spacial score (nSPS) is 23.8. The molecular weight excluding hydrogens is 150 g/mol. The third-order valence-corrected chi connectivity index (χ3v) is 3.27. The molecule has 0 radical (unpaired) electrons. The van der Waals surface area contributed by atoms with Crippen LogP contribution >= 0.6 is 0 Å². The summed E-state index contributed by atoms with van der Waals surface area (Å²) < 4.78 is 5.62. The molecule has 1 aliphatic rings. The van der Waals surface area contributed by atoms with Crippen LogP contribution in [0.1, 0.15) is 40.5 Å². The molecule has 0 saturated heterocycles. The molecule has 1 saturated carbocycles. The molecule has 12 heavy (non-hydrogen) atoms. The molecule has 0 heterocycles. The van der Waals surface area contributed by atoms with Gasteiger partial charge in [-0.2, -0.15) is 0 Å². The molecule has 0 aromatic rings. The minimum Gasteiger partial charge on any atom is -0.378 e. The third-order valence-electron chi connectivity index (χ3n) is 3.27. The van der Waals surface area contributed by atoms with Crippen LogP contribution in [-0.2, 0) is 4.74 Å². The van der Waals surface area contributed by atoms with E-state index >= 15 is 0 Å². The van der Waals surface area contributed by atoms with E-state index in [0.29, 0.717) is 6.10 Å². The molecule has 1 atom stereocenters. The number of hydrogen-bond donors (Lipinski definition) is 1. The summed E-state index contributed by atoms with van der Waals surface area (Å²) >= 11 is 0. The molecule has 1 fully saturated rings. The lowest BCUT2D eigenvalue weighted by Gasteiger charge is -2.35. The van der Waals surface area contributed by atoms with Crippen LogP contribution < -0.4 is 5.73 Å². The molecular formula is C10H21NO. The molecule has 0 aromatic heterocycles. The van der Waals surface area contributed by atoms with Gasteiger partial charge in [0.15, 0.2) is 0 Å². The minimum absolute atomic E-state index is 0.0956. The maximum atomic E-state index is 6.13. The summed E-state index contributed by atoms with van der Waals surface area (Å²) in [5.74, 6) is 0. The van der Waals surface area contributed by atoms with Gasteiger partial charge in [0.1, 0.15) is 0 Å². The van der Waals surface area contributed by atoms with Gasteiger partial charge < -0.3 is 10.5 Å². The van der Waals surface area contributed by atoms with E-state index in [1.807, 2.05) is 6.92 Å². The predicted octanol–water partition coefficient (Wildman–Crippen LogP) is 1.93. The van der Waals surface area contributed by atoms with Gasteiger partial charge in [-0.3, -0.25) is 0 Å². The molecule has 1 rings (SSSR count). The van der Waals surface area contributed by atoms with Crippen LogP contribution in [0.5, 0.6) is 0 Å². The molecule has 0 spiro atoms. The van der Waals surface area contributed by atoms with Crippen molar-refractivity contribution in [2.45, 2.75) is 52.2 Å². The maximum absolute atomic E-state index is 6.13. The Balaban J connectivity index is 2.60. The number of ether oxygens (including phenoxy) is 1.